The second-order valence-corrected chi connectivity index (χ2v) is 9.09. The Morgan fingerprint density at radius 3 is 2.64 bits per heavy atom. The van der Waals surface area contributed by atoms with Crippen LogP contribution >= 0.6 is 44.8 Å². The molecule has 2 aromatic rings. The number of Topliss-reactive ketones (excluding diaryl/α,β-unsaturated/α-hetero) is 1. The van der Waals surface area contributed by atoms with Gasteiger partial charge in [-0.1, -0.05) is 11.6 Å². The maximum absolute atomic E-state index is 12.0. The highest BCUT2D eigenvalue weighted by Gasteiger charge is 2.27. The van der Waals surface area contributed by atoms with Crippen LogP contribution in [0, 0.1) is 3.70 Å². The summed E-state index contributed by atoms with van der Waals surface area (Å²) in [4.78, 5) is 18.3. The average molecular weight is 456 g/mol. The van der Waals surface area contributed by atoms with Gasteiger partial charge in [0, 0.05) is 13.1 Å². The van der Waals surface area contributed by atoms with Gasteiger partial charge in [0.05, 0.1) is 27.6 Å². The number of imidazole rings is 1. The monoisotopic (exact) mass is 455 g/mol. The number of carbonyl (C=O) groups excluding carboxylic acids is 1. The highest BCUT2D eigenvalue weighted by Crippen LogP contribution is 2.42. The van der Waals surface area contributed by atoms with E-state index in [9.17, 15) is 13.9 Å². The Morgan fingerprint density at radius 2 is 2.05 bits per heavy atom. The van der Waals surface area contributed by atoms with Crippen molar-refractivity contribution >= 4 is 61.9 Å². The number of carbonyl (C=O) groups is 1. The number of ketones is 1. The predicted octanol–water partition coefficient (Wildman–Crippen LogP) is 3.37. The first kappa shape index (κ1) is 16.3. The number of fused-ring (bicyclic) bond motifs is 1. The summed E-state index contributed by atoms with van der Waals surface area (Å²) in [5.74, 6) is 1.25. The summed E-state index contributed by atoms with van der Waals surface area (Å²) in [5.41, 5.74) is 1.28. The van der Waals surface area contributed by atoms with E-state index in [2.05, 4.69) is 27.6 Å². The lowest BCUT2D eigenvalue weighted by Gasteiger charge is -2.42. The van der Waals surface area contributed by atoms with Gasteiger partial charge in [-0.15, -0.1) is 0 Å². The lowest BCUT2D eigenvalue weighted by atomic mass is 10.1. The Balaban J connectivity index is 2.17. The fourth-order valence-electron chi connectivity index (χ4n) is 2.61. The van der Waals surface area contributed by atoms with E-state index < -0.39 is 10.6 Å². The third-order valence-electron chi connectivity index (χ3n) is 3.74. The molecule has 0 spiro atoms. The van der Waals surface area contributed by atoms with Crippen molar-refractivity contribution in [3.05, 3.63) is 26.7 Å². The van der Waals surface area contributed by atoms with E-state index in [1.165, 1.54) is 6.92 Å². The summed E-state index contributed by atoms with van der Waals surface area (Å²) in [6, 6.07) is 1.67. The first-order chi connectivity index (χ1) is 10.3. The first-order valence-corrected chi connectivity index (χ1v) is 9.99. The van der Waals surface area contributed by atoms with Gasteiger partial charge in [0.2, 0.25) is 0 Å². The molecule has 2 N–H and O–H groups in total. The van der Waals surface area contributed by atoms with Crippen LogP contribution in [0.2, 0.25) is 5.02 Å². The highest BCUT2D eigenvalue weighted by atomic mass is 127. The number of anilines is 1. The molecule has 0 saturated carbocycles. The molecule has 1 aliphatic heterocycles. The lowest BCUT2D eigenvalue weighted by Crippen LogP contribution is -2.40. The number of hydrogen-bond acceptors (Lipinski definition) is 5. The van der Waals surface area contributed by atoms with Gasteiger partial charge in [0.1, 0.15) is 15.8 Å². The van der Waals surface area contributed by atoms with Crippen molar-refractivity contribution in [3.8, 4) is 0 Å². The highest BCUT2D eigenvalue weighted by molar-refractivity contribution is 14.1. The molecule has 0 bridgehead atoms. The van der Waals surface area contributed by atoms with Gasteiger partial charge in [0.15, 0.2) is 5.78 Å². The molecule has 0 aliphatic carbocycles. The second kappa shape index (κ2) is 5.82. The molecule has 9 heteroatoms. The second-order valence-electron chi connectivity index (χ2n) is 5.24. The third kappa shape index (κ3) is 2.82. The summed E-state index contributed by atoms with van der Waals surface area (Å²) in [7, 11) is -2.49. The molecule has 6 nitrogen and oxygen atoms in total. The van der Waals surface area contributed by atoms with E-state index in [1.54, 1.807) is 12.4 Å². The van der Waals surface area contributed by atoms with Crippen molar-refractivity contribution in [2.45, 2.75) is 6.92 Å². The zero-order chi connectivity index (χ0) is 16.1. The van der Waals surface area contributed by atoms with Crippen LogP contribution < -0.4 is 4.90 Å². The number of hydrogen-bond donors (Lipinski definition) is 2. The average Bonchev–Trinajstić information content (AvgIpc) is 2.82. The van der Waals surface area contributed by atoms with Crippen molar-refractivity contribution in [2.24, 2.45) is 0 Å². The Morgan fingerprint density at radius 1 is 1.41 bits per heavy atom. The van der Waals surface area contributed by atoms with Gasteiger partial charge in [-0.2, -0.15) is 10.6 Å². The molecule has 0 unspecified atom stereocenters. The maximum Gasteiger partial charge on any atom is 0.163 e. The van der Waals surface area contributed by atoms with Gasteiger partial charge < -0.3 is 4.90 Å². The number of nitrogens with zero attached hydrogens (tertiary/aromatic N) is 3. The Bertz CT molecular complexity index is 755. The summed E-state index contributed by atoms with van der Waals surface area (Å²) in [6.07, 6.45) is 1.65. The van der Waals surface area contributed by atoms with E-state index in [-0.39, 0.29) is 5.78 Å². The minimum absolute atomic E-state index is 0.0836. The summed E-state index contributed by atoms with van der Waals surface area (Å²) in [5, 5.41) is 0.483. The van der Waals surface area contributed by atoms with Crippen molar-refractivity contribution in [1.82, 2.24) is 9.38 Å². The summed E-state index contributed by atoms with van der Waals surface area (Å²) >= 11 is 8.40. The maximum atomic E-state index is 12.0. The minimum atomic E-state index is -2.49. The van der Waals surface area contributed by atoms with Crippen LogP contribution in [0.3, 0.4) is 0 Å². The van der Waals surface area contributed by atoms with Gasteiger partial charge >= 0.3 is 0 Å². The Kier molecular flexibility index (Phi) is 4.32. The van der Waals surface area contributed by atoms with Crippen molar-refractivity contribution in [3.63, 3.8) is 0 Å². The molecular weight excluding hydrogens is 441 g/mol. The fraction of sp³-hybridized carbons (Fsp3) is 0.385. The predicted molar refractivity (Wildman–Crippen MR) is 97.7 cm³/mol. The Hall–Kier alpha value is -0.550. The van der Waals surface area contributed by atoms with Crippen molar-refractivity contribution in [1.29, 1.82) is 0 Å². The van der Waals surface area contributed by atoms with E-state index in [4.69, 9.17) is 11.6 Å². The first-order valence-electron chi connectivity index (χ1n) is 6.65. The lowest BCUT2D eigenvalue weighted by molar-refractivity contribution is 0.101. The molecule has 22 heavy (non-hydrogen) atoms. The molecule has 2 aromatic heterocycles. The van der Waals surface area contributed by atoms with Crippen LogP contribution in [-0.4, -0.2) is 48.9 Å². The van der Waals surface area contributed by atoms with E-state index in [1.807, 2.05) is 9.30 Å². The fourth-order valence-corrected chi connectivity index (χ4v) is 4.96. The van der Waals surface area contributed by atoms with Crippen LogP contribution in [0.1, 0.15) is 17.3 Å². The molecule has 3 rings (SSSR count). The SMILES string of the molecule is CC(=O)c1cc(Cl)c2c(I)ncn2c1N1CCS(O)(O)CC1. The molecule has 0 radical (unpaired) electrons. The Labute approximate surface area is 148 Å². The third-order valence-corrected chi connectivity index (χ3v) is 6.49. The van der Waals surface area contributed by atoms with Gasteiger partial charge in [-0.3, -0.25) is 18.3 Å². The normalized spacial score (nSPS) is 19.4. The zero-order valence-corrected chi connectivity index (χ0v) is 15.5. The number of aromatic nitrogens is 2. The smallest absolute Gasteiger partial charge is 0.163 e. The van der Waals surface area contributed by atoms with Gasteiger partial charge in [0.25, 0.3) is 0 Å². The van der Waals surface area contributed by atoms with Gasteiger partial charge in [-0.25, -0.2) is 4.98 Å². The standard InChI is InChI=1S/C13H15ClIN3O3S/c1-8(19)9-6-10(14)11-12(15)16-7-18(11)13(9)17-2-4-22(20,21)5-3-17/h6-7,20-21H,2-5H2,1H3. The topological polar surface area (TPSA) is 78.1 Å². The van der Waals surface area contributed by atoms with Crippen LogP contribution in [0.25, 0.3) is 5.52 Å². The molecule has 1 saturated heterocycles. The largest absolute Gasteiger partial charge is 0.354 e. The van der Waals surface area contributed by atoms with E-state index in [0.29, 0.717) is 35.2 Å². The molecule has 3 heterocycles. The molecule has 0 amide bonds. The molecule has 120 valence electrons. The van der Waals surface area contributed by atoms with E-state index >= 15 is 0 Å². The molecular formula is C13H15ClIN3O3S. The molecule has 1 aliphatic rings. The summed E-state index contributed by atoms with van der Waals surface area (Å²) in [6.45, 7) is 2.46. The van der Waals surface area contributed by atoms with Crippen molar-refractivity contribution < 1.29 is 13.9 Å². The number of pyridine rings is 1. The minimum Gasteiger partial charge on any atom is -0.354 e. The zero-order valence-electron chi connectivity index (χ0n) is 11.8. The molecule has 0 aromatic carbocycles. The molecule has 1 fully saturated rings. The quantitative estimate of drug-likeness (QED) is 0.536. The van der Waals surface area contributed by atoms with Crippen LogP contribution in [0.5, 0.6) is 0 Å². The van der Waals surface area contributed by atoms with Crippen molar-refractivity contribution in [2.75, 3.05) is 29.5 Å². The molecule has 0 atom stereocenters. The van der Waals surface area contributed by atoms with Crippen LogP contribution in [0.4, 0.5) is 5.82 Å². The number of rotatable bonds is 2. The summed E-state index contributed by atoms with van der Waals surface area (Å²) < 4.78 is 22.1. The number of halogens is 2. The van der Waals surface area contributed by atoms with Crippen LogP contribution in [-0.2, 0) is 0 Å². The van der Waals surface area contributed by atoms with Gasteiger partial charge in [-0.05, 0) is 35.6 Å². The van der Waals surface area contributed by atoms with Crippen LogP contribution in [0.15, 0.2) is 12.4 Å². The van der Waals surface area contributed by atoms with E-state index in [0.717, 1.165) is 15.0 Å².